The lowest BCUT2D eigenvalue weighted by Crippen LogP contribution is -2.50. The summed E-state index contributed by atoms with van der Waals surface area (Å²) in [5, 5.41) is 17.2. The van der Waals surface area contributed by atoms with E-state index < -0.39 is 46.8 Å². The normalized spacial score (nSPS) is 15.9. The van der Waals surface area contributed by atoms with Crippen LogP contribution in [0.5, 0.6) is 5.75 Å². The van der Waals surface area contributed by atoms with E-state index in [9.17, 15) is 35.6 Å². The van der Waals surface area contributed by atoms with Crippen LogP contribution >= 0.6 is 0 Å². The molecule has 14 nitrogen and oxygen atoms in total. The van der Waals surface area contributed by atoms with Crippen LogP contribution in [-0.2, 0) is 35.8 Å². The first-order chi connectivity index (χ1) is 20.2. The van der Waals surface area contributed by atoms with Gasteiger partial charge in [-0.25, -0.2) is 37.0 Å². The number of hydrogen-bond acceptors (Lipinski definition) is 10. The average molecular weight is 663 g/mol. The molecule has 1 aromatic heterocycles. The molecule has 0 saturated heterocycles. The highest BCUT2D eigenvalue weighted by molar-refractivity contribution is 7.93. The molecule has 44 heavy (non-hydrogen) atoms. The number of nitrogens with one attached hydrogen (secondary N) is 2. The molecule has 1 aliphatic heterocycles. The van der Waals surface area contributed by atoms with Crippen LogP contribution < -0.4 is 15.7 Å². The van der Waals surface area contributed by atoms with E-state index in [2.05, 4.69) is 0 Å². The number of hydroxylamine groups is 2. The lowest BCUT2D eigenvalue weighted by Gasteiger charge is -2.27. The van der Waals surface area contributed by atoms with Gasteiger partial charge in [0.15, 0.2) is 36.0 Å². The Morgan fingerprint density at radius 1 is 1.00 bits per heavy atom. The van der Waals surface area contributed by atoms with Crippen LogP contribution in [0.15, 0.2) is 30.5 Å². The molecule has 2 aromatic rings. The van der Waals surface area contributed by atoms with E-state index in [1.54, 1.807) is 45.2 Å². The van der Waals surface area contributed by atoms with Crippen molar-refractivity contribution in [3.63, 3.8) is 0 Å². The minimum atomic E-state index is -3.86. The van der Waals surface area contributed by atoms with E-state index in [-0.39, 0.29) is 43.8 Å². The Kier molecular flexibility index (Phi) is 11.3. The summed E-state index contributed by atoms with van der Waals surface area (Å²) in [4.78, 5) is 37.1. The van der Waals surface area contributed by atoms with Crippen molar-refractivity contribution in [1.29, 1.82) is 0 Å². The lowest BCUT2D eigenvalue weighted by atomic mass is 10.1. The number of carbonyl (C=O) groups is 3. The molecule has 17 heteroatoms. The van der Waals surface area contributed by atoms with E-state index in [1.807, 2.05) is 0 Å². The Labute approximate surface area is 255 Å². The monoisotopic (exact) mass is 662 g/mol. The molecule has 3 rings (SSSR count). The van der Waals surface area contributed by atoms with E-state index in [0.717, 1.165) is 12.5 Å². The maximum absolute atomic E-state index is 14.3. The predicted octanol–water partition coefficient (Wildman–Crippen LogP) is 2.27. The highest BCUT2D eigenvalue weighted by Gasteiger charge is 2.44. The number of halogens is 1. The number of aromatic nitrogens is 1. The largest absolute Gasteiger partial charge is 0.488 e. The first kappa shape index (κ1) is 36.7. The fourth-order valence-electron chi connectivity index (χ4n) is 4.23. The predicted molar refractivity (Wildman–Crippen MR) is 158 cm³/mol. The number of benzene rings is 1. The number of amides is 3. The summed E-state index contributed by atoms with van der Waals surface area (Å²) >= 11 is 0. The number of sulfone groups is 2. The number of ether oxygens (including phenoxy) is 1. The summed E-state index contributed by atoms with van der Waals surface area (Å²) in [6.07, 6.45) is 3.23. The first-order valence-corrected chi connectivity index (χ1v) is 17.2. The van der Waals surface area contributed by atoms with Crippen LogP contribution in [0.1, 0.15) is 53.2 Å². The third-order valence-electron chi connectivity index (χ3n) is 7.69. The number of nitrogens with zero attached hydrogens (tertiary/aromatic N) is 2. The molecule has 0 fully saturated rings. The zero-order valence-electron chi connectivity index (χ0n) is 25.5. The van der Waals surface area contributed by atoms with Crippen LogP contribution in [0.3, 0.4) is 0 Å². The van der Waals surface area contributed by atoms with Gasteiger partial charge in [-0.15, -0.1) is 0 Å². The molecule has 0 spiro atoms. The topological polar surface area (TPSA) is 201 Å². The first-order valence-electron chi connectivity index (χ1n) is 13.4. The summed E-state index contributed by atoms with van der Waals surface area (Å²) in [6, 6.07) is 5.97. The molecule has 1 aromatic carbocycles. The van der Waals surface area contributed by atoms with Gasteiger partial charge < -0.3 is 9.64 Å². The maximum Gasteiger partial charge on any atom is 0.328 e. The van der Waals surface area contributed by atoms with Crippen molar-refractivity contribution in [1.82, 2.24) is 20.4 Å². The molecule has 0 bridgehead atoms. The third kappa shape index (κ3) is 7.57. The van der Waals surface area contributed by atoms with Crippen molar-refractivity contribution in [2.24, 2.45) is 0 Å². The van der Waals surface area contributed by atoms with E-state index in [0.29, 0.717) is 16.8 Å². The number of fused-ring (bicyclic) bond motifs is 1. The van der Waals surface area contributed by atoms with Gasteiger partial charge in [0.2, 0.25) is 0 Å². The minimum absolute atomic E-state index is 0.0112. The van der Waals surface area contributed by atoms with Gasteiger partial charge in [-0.05, 0) is 64.3 Å². The van der Waals surface area contributed by atoms with Crippen LogP contribution in [0.2, 0.25) is 0 Å². The molecular weight excluding hydrogens is 623 g/mol. The van der Waals surface area contributed by atoms with Crippen molar-refractivity contribution in [3.8, 4) is 16.9 Å². The van der Waals surface area contributed by atoms with Crippen molar-refractivity contribution >= 4 is 37.5 Å². The molecule has 0 saturated carbocycles. The van der Waals surface area contributed by atoms with Gasteiger partial charge in [-0.3, -0.25) is 24.6 Å². The second kappa shape index (κ2) is 13.6. The van der Waals surface area contributed by atoms with Gasteiger partial charge in [0.25, 0.3) is 11.8 Å². The fourth-order valence-corrected chi connectivity index (χ4v) is 5.98. The van der Waals surface area contributed by atoms with Crippen LogP contribution in [0.25, 0.3) is 11.1 Å². The summed E-state index contributed by atoms with van der Waals surface area (Å²) in [7, 11) is -7.36. The van der Waals surface area contributed by atoms with Gasteiger partial charge in [-0.2, -0.15) is 0 Å². The van der Waals surface area contributed by atoms with Gasteiger partial charge in [0.1, 0.15) is 4.75 Å². The van der Waals surface area contributed by atoms with Crippen molar-refractivity contribution in [2.75, 3.05) is 19.1 Å². The van der Waals surface area contributed by atoms with E-state index in [4.69, 9.17) is 15.2 Å². The minimum Gasteiger partial charge on any atom is -0.488 e. The van der Waals surface area contributed by atoms with Gasteiger partial charge in [0.05, 0.1) is 12.6 Å². The van der Waals surface area contributed by atoms with Crippen LogP contribution in [0.4, 0.5) is 9.18 Å². The number of carbonyl (C=O) groups excluding carboxylic acids is 3. The molecule has 246 valence electrons. The number of hydrogen-bond donors (Lipinski definition) is 4. The molecule has 1 aliphatic rings. The van der Waals surface area contributed by atoms with Gasteiger partial charge >= 0.3 is 6.03 Å². The standard InChI is InChI=1S/C21H26FN3O6S.C6H13NO4S/c1-13(2)31-18-6-5-14(10-17(18)22)15-9-16-12-24(20(27)25(16)11-15)8-7-21(3,19(26)23-28)32(4,29)30;1-4-6(2,5(8)7-9)12(3,10)11/h5-6,9-11,13,28H,7-8,12H2,1-4H3,(H,23,26);9H,4H2,1-3H3,(H,7,8)/t21-;/m1./s1. The summed E-state index contributed by atoms with van der Waals surface area (Å²) in [5.41, 5.74) is 4.63. The van der Waals surface area contributed by atoms with E-state index >= 15 is 0 Å². The second-order valence-corrected chi connectivity index (χ2v) is 16.0. The van der Waals surface area contributed by atoms with Crippen LogP contribution in [0, 0.1) is 5.82 Å². The summed E-state index contributed by atoms with van der Waals surface area (Å²) in [6.45, 7) is 7.84. The Balaban J connectivity index is 0.000000477. The quantitative estimate of drug-likeness (QED) is 0.204. The zero-order valence-corrected chi connectivity index (χ0v) is 27.2. The molecule has 0 aliphatic carbocycles. The lowest BCUT2D eigenvalue weighted by molar-refractivity contribution is -0.132. The second-order valence-electron chi connectivity index (χ2n) is 11.1. The Bertz CT molecular complexity index is 1620. The summed E-state index contributed by atoms with van der Waals surface area (Å²) in [5.74, 6) is -2.30. The van der Waals surface area contributed by atoms with Gasteiger partial charge in [-0.1, -0.05) is 13.0 Å². The highest BCUT2D eigenvalue weighted by Crippen LogP contribution is 2.31. The third-order valence-corrected chi connectivity index (χ3v) is 11.8. The van der Waals surface area contributed by atoms with Gasteiger partial charge in [0, 0.05) is 36.5 Å². The fraction of sp³-hybridized carbons (Fsp3) is 0.519. The highest BCUT2D eigenvalue weighted by atomic mass is 32.2. The molecular formula is C27H39FN4O10S2. The van der Waals surface area contributed by atoms with E-state index in [1.165, 1.54) is 40.3 Å². The zero-order chi connectivity index (χ0) is 33.8. The number of rotatable bonds is 11. The molecule has 3 amide bonds. The SMILES string of the molecule is CC(C)Oc1ccc(-c2cc3n(c2)C(=O)N(CC[C@](C)(C(=O)NO)S(C)(=O)=O)C3)cc1F.CCC(C)(C(=O)NO)S(C)(=O)=O. The van der Waals surface area contributed by atoms with Crippen molar-refractivity contribution in [2.45, 2.75) is 69.6 Å². The Morgan fingerprint density at radius 3 is 1.95 bits per heavy atom. The van der Waals surface area contributed by atoms with Crippen molar-refractivity contribution in [3.05, 3.63) is 42.0 Å². The molecule has 2 atom stereocenters. The smallest absolute Gasteiger partial charge is 0.328 e. The Hall–Kier alpha value is -3.54. The van der Waals surface area contributed by atoms with Crippen LogP contribution in [-0.4, -0.2) is 89.2 Å². The molecule has 4 N–H and O–H groups in total. The summed E-state index contributed by atoms with van der Waals surface area (Å²) < 4.78 is 64.1. The average Bonchev–Trinajstić information content (AvgIpc) is 3.48. The molecule has 2 heterocycles. The maximum atomic E-state index is 14.3. The molecule has 0 radical (unpaired) electrons. The van der Waals surface area contributed by atoms with Crippen molar-refractivity contribution < 1.29 is 50.8 Å². The Morgan fingerprint density at radius 2 is 1.55 bits per heavy atom. The molecule has 1 unspecified atom stereocenters.